The van der Waals surface area contributed by atoms with E-state index in [1.807, 2.05) is 25.1 Å². The molecule has 2 nitrogen and oxygen atoms in total. The second-order valence-electron chi connectivity index (χ2n) is 4.43. The summed E-state index contributed by atoms with van der Waals surface area (Å²) >= 11 is 9.48. The number of hydrogen-bond acceptors (Lipinski definition) is 2. The summed E-state index contributed by atoms with van der Waals surface area (Å²) in [6, 6.07) is 14.5. The van der Waals surface area contributed by atoms with Crippen molar-refractivity contribution in [3.05, 3.63) is 68.7 Å². The molecular weight excluding hydrogens is 338 g/mol. The lowest BCUT2D eigenvalue weighted by Gasteiger charge is -2.12. The number of hydrogen-bond donors (Lipinski definition) is 0. The number of carbonyl (C=O) groups excluding carboxylic acids is 1. The van der Waals surface area contributed by atoms with Crippen LogP contribution in [0.15, 0.2) is 46.9 Å². The van der Waals surface area contributed by atoms with E-state index >= 15 is 0 Å². The lowest BCUT2D eigenvalue weighted by atomic mass is 9.91. The minimum atomic E-state index is -0.870. The van der Waals surface area contributed by atoms with Gasteiger partial charge >= 0.3 is 0 Å². The first kappa shape index (κ1) is 14.8. The summed E-state index contributed by atoms with van der Waals surface area (Å²) in [5.41, 5.74) is 2.00. The van der Waals surface area contributed by atoms with Crippen LogP contribution >= 0.6 is 27.5 Å². The molecule has 20 heavy (non-hydrogen) atoms. The molecule has 0 bridgehead atoms. The summed E-state index contributed by atoms with van der Waals surface area (Å²) in [7, 11) is 0. The van der Waals surface area contributed by atoms with Gasteiger partial charge in [-0.3, -0.25) is 4.79 Å². The van der Waals surface area contributed by atoms with E-state index in [1.165, 1.54) is 0 Å². The standard InChI is InChI=1S/C16H11BrClNO/c1-10-6-7-12(15(18)8-10)16(20)13(9-19)11-4-2-3-5-14(11)17/h2-8,13H,1H3. The Balaban J connectivity index is 2.45. The number of nitrogens with zero attached hydrogens (tertiary/aromatic N) is 1. The first-order valence-corrected chi connectivity index (χ1v) is 7.16. The fraction of sp³-hybridized carbons (Fsp3) is 0.125. The zero-order valence-electron chi connectivity index (χ0n) is 10.7. The predicted octanol–water partition coefficient (Wildman–Crippen LogP) is 4.90. The van der Waals surface area contributed by atoms with Crippen LogP contribution in [-0.2, 0) is 0 Å². The van der Waals surface area contributed by atoms with Crippen LogP contribution in [0.2, 0.25) is 5.02 Å². The van der Waals surface area contributed by atoms with E-state index in [9.17, 15) is 10.1 Å². The molecule has 0 radical (unpaired) electrons. The fourth-order valence-corrected chi connectivity index (χ4v) is 2.80. The van der Waals surface area contributed by atoms with Gasteiger partial charge in [-0.2, -0.15) is 5.26 Å². The van der Waals surface area contributed by atoms with Gasteiger partial charge in [-0.15, -0.1) is 0 Å². The maximum absolute atomic E-state index is 12.5. The number of Topliss-reactive ketones (excluding diaryl/α,β-unsaturated/α-hetero) is 1. The highest BCUT2D eigenvalue weighted by Crippen LogP contribution is 2.29. The zero-order chi connectivity index (χ0) is 14.7. The van der Waals surface area contributed by atoms with E-state index in [1.54, 1.807) is 24.3 Å². The average Bonchev–Trinajstić information content (AvgIpc) is 2.41. The Hall–Kier alpha value is -1.63. The molecular formula is C16H11BrClNO. The number of carbonyl (C=O) groups is 1. The lowest BCUT2D eigenvalue weighted by Crippen LogP contribution is -2.12. The van der Waals surface area contributed by atoms with Gasteiger partial charge in [-0.05, 0) is 36.2 Å². The number of rotatable bonds is 3. The number of halogens is 2. The Labute approximate surface area is 131 Å². The Bertz CT molecular complexity index is 706. The molecule has 100 valence electrons. The zero-order valence-corrected chi connectivity index (χ0v) is 13.1. The summed E-state index contributed by atoms with van der Waals surface area (Å²) in [5, 5.41) is 9.72. The van der Waals surface area contributed by atoms with Crippen LogP contribution in [0.4, 0.5) is 0 Å². The molecule has 4 heteroatoms. The highest BCUT2D eigenvalue weighted by atomic mass is 79.9. The summed E-state index contributed by atoms with van der Waals surface area (Å²) in [6.45, 7) is 1.90. The molecule has 2 aromatic rings. The molecule has 0 aromatic heterocycles. The van der Waals surface area contributed by atoms with Crippen molar-refractivity contribution in [2.45, 2.75) is 12.8 Å². The van der Waals surface area contributed by atoms with Crippen LogP contribution in [-0.4, -0.2) is 5.78 Å². The molecule has 0 fully saturated rings. The van der Waals surface area contributed by atoms with Crippen LogP contribution in [0.25, 0.3) is 0 Å². The average molecular weight is 349 g/mol. The van der Waals surface area contributed by atoms with E-state index in [0.29, 0.717) is 16.1 Å². The largest absolute Gasteiger partial charge is 0.292 e. The highest BCUT2D eigenvalue weighted by molar-refractivity contribution is 9.10. The van der Waals surface area contributed by atoms with Crippen LogP contribution < -0.4 is 0 Å². The van der Waals surface area contributed by atoms with Crippen molar-refractivity contribution in [3.63, 3.8) is 0 Å². The summed E-state index contributed by atoms with van der Waals surface area (Å²) < 4.78 is 0.739. The Morgan fingerprint density at radius 3 is 2.60 bits per heavy atom. The first-order valence-electron chi connectivity index (χ1n) is 5.99. The number of ketones is 1. The third-order valence-electron chi connectivity index (χ3n) is 3.00. The maximum Gasteiger partial charge on any atom is 0.185 e. The monoisotopic (exact) mass is 347 g/mol. The highest BCUT2D eigenvalue weighted by Gasteiger charge is 2.25. The van der Waals surface area contributed by atoms with Crippen molar-refractivity contribution >= 4 is 33.3 Å². The van der Waals surface area contributed by atoms with Crippen molar-refractivity contribution in [1.29, 1.82) is 5.26 Å². The van der Waals surface area contributed by atoms with E-state index < -0.39 is 5.92 Å². The van der Waals surface area contributed by atoms with Crippen molar-refractivity contribution < 1.29 is 4.79 Å². The third-order valence-corrected chi connectivity index (χ3v) is 4.03. The van der Waals surface area contributed by atoms with E-state index in [4.69, 9.17) is 11.6 Å². The molecule has 0 amide bonds. The van der Waals surface area contributed by atoms with E-state index in [-0.39, 0.29) is 5.78 Å². The van der Waals surface area contributed by atoms with Gasteiger partial charge in [-0.1, -0.05) is 51.8 Å². The molecule has 0 aliphatic rings. The molecule has 0 saturated carbocycles. The molecule has 0 aliphatic carbocycles. The summed E-state index contributed by atoms with van der Waals surface area (Å²) in [6.07, 6.45) is 0. The normalized spacial score (nSPS) is 11.7. The lowest BCUT2D eigenvalue weighted by molar-refractivity contribution is 0.0979. The third kappa shape index (κ3) is 2.92. The molecule has 1 atom stereocenters. The topological polar surface area (TPSA) is 40.9 Å². The number of benzene rings is 2. The minimum absolute atomic E-state index is 0.288. The summed E-state index contributed by atoms with van der Waals surface area (Å²) in [5.74, 6) is -1.16. The van der Waals surface area contributed by atoms with Gasteiger partial charge in [0.1, 0.15) is 5.92 Å². The van der Waals surface area contributed by atoms with Crippen LogP contribution in [0, 0.1) is 18.3 Å². The molecule has 0 aliphatic heterocycles. The van der Waals surface area contributed by atoms with Crippen molar-refractivity contribution in [2.75, 3.05) is 0 Å². The minimum Gasteiger partial charge on any atom is -0.292 e. The smallest absolute Gasteiger partial charge is 0.185 e. The van der Waals surface area contributed by atoms with Gasteiger partial charge in [-0.25, -0.2) is 0 Å². The van der Waals surface area contributed by atoms with Gasteiger partial charge < -0.3 is 0 Å². The van der Waals surface area contributed by atoms with Crippen molar-refractivity contribution in [1.82, 2.24) is 0 Å². The Morgan fingerprint density at radius 2 is 2.00 bits per heavy atom. The van der Waals surface area contributed by atoms with Crippen LogP contribution in [0.5, 0.6) is 0 Å². The Kier molecular flexibility index (Phi) is 4.59. The molecule has 0 spiro atoms. The summed E-state index contributed by atoms with van der Waals surface area (Å²) in [4.78, 5) is 12.5. The molecule has 0 heterocycles. The predicted molar refractivity (Wildman–Crippen MR) is 83.0 cm³/mol. The van der Waals surface area contributed by atoms with Crippen molar-refractivity contribution in [2.24, 2.45) is 0 Å². The van der Waals surface area contributed by atoms with Crippen LogP contribution in [0.1, 0.15) is 27.4 Å². The first-order chi connectivity index (χ1) is 9.54. The maximum atomic E-state index is 12.5. The van der Waals surface area contributed by atoms with E-state index in [0.717, 1.165) is 10.0 Å². The van der Waals surface area contributed by atoms with Gasteiger partial charge in [0, 0.05) is 10.0 Å². The van der Waals surface area contributed by atoms with Gasteiger partial charge in [0.05, 0.1) is 11.1 Å². The van der Waals surface area contributed by atoms with Crippen molar-refractivity contribution in [3.8, 4) is 6.07 Å². The van der Waals surface area contributed by atoms with Gasteiger partial charge in [0.25, 0.3) is 0 Å². The second-order valence-corrected chi connectivity index (χ2v) is 5.69. The number of nitriles is 1. The quantitative estimate of drug-likeness (QED) is 0.740. The SMILES string of the molecule is Cc1ccc(C(=O)C(C#N)c2ccccc2Br)c(Cl)c1. The van der Waals surface area contributed by atoms with Gasteiger partial charge in [0.2, 0.25) is 0 Å². The fourth-order valence-electron chi connectivity index (χ4n) is 1.95. The van der Waals surface area contributed by atoms with Gasteiger partial charge in [0.15, 0.2) is 5.78 Å². The molecule has 2 rings (SSSR count). The van der Waals surface area contributed by atoms with E-state index in [2.05, 4.69) is 22.0 Å². The Morgan fingerprint density at radius 1 is 1.30 bits per heavy atom. The molecule has 2 aromatic carbocycles. The van der Waals surface area contributed by atoms with Crippen LogP contribution in [0.3, 0.4) is 0 Å². The molecule has 1 unspecified atom stereocenters. The molecule has 0 saturated heterocycles. The second kappa shape index (κ2) is 6.21. The molecule has 0 N–H and O–H groups in total. The number of aryl methyl sites for hydroxylation is 1.